The number of hydrazine groups is 1. The molecular formula is C11H12BrN5O2S2. The molecule has 3 rings (SSSR count). The number of fused-ring (bicyclic) bond motifs is 1. The molecule has 0 amide bonds. The molecule has 1 aliphatic carbocycles. The number of nitrogens with one attached hydrogen (secondary N) is 2. The van der Waals surface area contributed by atoms with Gasteiger partial charge in [-0.25, -0.2) is 24.2 Å². The van der Waals surface area contributed by atoms with Gasteiger partial charge in [-0.2, -0.15) is 0 Å². The van der Waals surface area contributed by atoms with Crippen LogP contribution in [-0.2, 0) is 22.9 Å². The fourth-order valence-electron chi connectivity index (χ4n) is 2.14. The average Bonchev–Trinajstić information content (AvgIpc) is 2.99. The van der Waals surface area contributed by atoms with E-state index in [4.69, 9.17) is 5.84 Å². The molecule has 0 fully saturated rings. The first-order valence-electron chi connectivity index (χ1n) is 6.13. The Labute approximate surface area is 134 Å². The lowest BCUT2D eigenvalue weighted by molar-refractivity contribution is 0.601. The molecule has 0 atom stereocenters. The van der Waals surface area contributed by atoms with Gasteiger partial charge in [-0.3, -0.25) is 4.72 Å². The number of sulfonamides is 1. The summed E-state index contributed by atoms with van der Waals surface area (Å²) in [6, 6.07) is 1.44. The molecule has 10 heteroatoms. The van der Waals surface area contributed by atoms with Gasteiger partial charge in [-0.15, -0.1) is 11.3 Å². The number of thiazole rings is 1. The number of nitrogen functional groups attached to an aromatic ring is 1. The van der Waals surface area contributed by atoms with Crippen molar-refractivity contribution >= 4 is 48.2 Å². The number of nitrogens with two attached hydrogens (primary N) is 1. The van der Waals surface area contributed by atoms with E-state index >= 15 is 0 Å². The van der Waals surface area contributed by atoms with Crippen molar-refractivity contribution in [3.63, 3.8) is 0 Å². The molecule has 2 aromatic rings. The van der Waals surface area contributed by atoms with E-state index in [9.17, 15) is 8.42 Å². The van der Waals surface area contributed by atoms with Crippen LogP contribution >= 0.6 is 27.3 Å². The van der Waals surface area contributed by atoms with E-state index in [1.54, 1.807) is 0 Å². The zero-order valence-electron chi connectivity index (χ0n) is 10.8. The Morgan fingerprint density at radius 2 is 2.19 bits per heavy atom. The third-order valence-corrected chi connectivity index (χ3v) is 6.05. The number of aromatic nitrogens is 2. The molecule has 0 saturated heterocycles. The van der Waals surface area contributed by atoms with E-state index in [1.807, 2.05) is 0 Å². The number of nitrogens with zero attached hydrogens (tertiary/aromatic N) is 2. The van der Waals surface area contributed by atoms with Crippen LogP contribution in [0, 0.1) is 0 Å². The van der Waals surface area contributed by atoms with E-state index in [0.29, 0.717) is 9.60 Å². The van der Waals surface area contributed by atoms with Crippen LogP contribution in [0.2, 0.25) is 0 Å². The Balaban J connectivity index is 1.94. The van der Waals surface area contributed by atoms with E-state index in [0.717, 1.165) is 29.8 Å². The highest BCUT2D eigenvalue weighted by Gasteiger charge is 2.24. The van der Waals surface area contributed by atoms with E-state index in [2.05, 4.69) is 36.0 Å². The highest BCUT2D eigenvalue weighted by Crippen LogP contribution is 2.32. The summed E-state index contributed by atoms with van der Waals surface area (Å²) in [6.45, 7) is 0. The molecule has 0 radical (unpaired) electrons. The highest BCUT2D eigenvalue weighted by atomic mass is 79.9. The minimum absolute atomic E-state index is 0.0327. The first-order valence-corrected chi connectivity index (χ1v) is 9.22. The molecule has 0 aliphatic heterocycles. The molecule has 2 heterocycles. The average molecular weight is 390 g/mol. The van der Waals surface area contributed by atoms with Crippen LogP contribution in [0.25, 0.3) is 0 Å². The van der Waals surface area contributed by atoms with Crippen molar-refractivity contribution in [2.45, 2.75) is 24.2 Å². The molecule has 0 unspecified atom stereocenters. The van der Waals surface area contributed by atoms with E-state index < -0.39 is 10.0 Å². The summed E-state index contributed by atoms with van der Waals surface area (Å²) in [5, 5.41) is 0.377. The summed E-state index contributed by atoms with van der Waals surface area (Å²) in [4.78, 5) is 9.38. The summed E-state index contributed by atoms with van der Waals surface area (Å²) in [7, 11) is -3.80. The molecule has 0 aromatic carbocycles. The molecule has 1 aliphatic rings. The molecule has 4 N–H and O–H groups in total. The molecule has 21 heavy (non-hydrogen) atoms. The van der Waals surface area contributed by atoms with Gasteiger partial charge in [0.05, 0.1) is 5.69 Å². The lowest BCUT2D eigenvalue weighted by atomic mass is 10.4. The summed E-state index contributed by atoms with van der Waals surface area (Å²) in [5.74, 6) is 5.40. The van der Waals surface area contributed by atoms with Crippen molar-refractivity contribution in [2.24, 2.45) is 5.84 Å². The van der Waals surface area contributed by atoms with E-state index in [1.165, 1.54) is 23.6 Å². The third kappa shape index (κ3) is 2.89. The number of pyridine rings is 1. The zero-order chi connectivity index (χ0) is 15.0. The van der Waals surface area contributed by atoms with Gasteiger partial charge < -0.3 is 5.43 Å². The van der Waals surface area contributed by atoms with Gasteiger partial charge in [-0.05, 0) is 41.3 Å². The van der Waals surface area contributed by atoms with Crippen molar-refractivity contribution in [2.75, 3.05) is 10.1 Å². The Kier molecular flexibility index (Phi) is 3.86. The largest absolute Gasteiger partial charge is 0.307 e. The maximum Gasteiger partial charge on any atom is 0.267 e. The van der Waals surface area contributed by atoms with Gasteiger partial charge >= 0.3 is 0 Å². The van der Waals surface area contributed by atoms with Gasteiger partial charge in [-0.1, -0.05) is 0 Å². The minimum atomic E-state index is -3.80. The van der Waals surface area contributed by atoms with Crippen molar-refractivity contribution in [3.8, 4) is 0 Å². The van der Waals surface area contributed by atoms with Gasteiger partial charge in [0.25, 0.3) is 10.0 Å². The number of halogens is 1. The molecule has 7 nitrogen and oxygen atoms in total. The first-order chi connectivity index (χ1) is 9.99. The number of anilines is 2. The van der Waals surface area contributed by atoms with Crippen molar-refractivity contribution < 1.29 is 8.42 Å². The molecule has 0 spiro atoms. The molecule has 2 aromatic heterocycles. The Bertz CT molecular complexity index is 768. The number of hydrogen-bond acceptors (Lipinski definition) is 7. The van der Waals surface area contributed by atoms with Crippen LogP contribution in [0.4, 0.5) is 10.9 Å². The lowest BCUT2D eigenvalue weighted by Crippen LogP contribution is -2.18. The number of hydrogen-bond donors (Lipinski definition) is 3. The van der Waals surface area contributed by atoms with Crippen LogP contribution in [0.1, 0.15) is 17.0 Å². The number of rotatable bonds is 4. The monoisotopic (exact) mass is 389 g/mol. The van der Waals surface area contributed by atoms with E-state index in [-0.39, 0.29) is 10.7 Å². The lowest BCUT2D eigenvalue weighted by Gasteiger charge is -2.09. The second kappa shape index (κ2) is 5.52. The van der Waals surface area contributed by atoms with Crippen LogP contribution in [0.3, 0.4) is 0 Å². The standard InChI is InChI=1S/C11H12BrN5O2S2/c12-6-4-9(10(16-13)14-5-6)21(18,19)17-11-15-7-2-1-3-8(7)20-11/h4-5H,1-3,13H2,(H,14,16)(H,15,17). The Morgan fingerprint density at radius 3 is 2.90 bits per heavy atom. The Hall–Kier alpha value is -1.23. The SMILES string of the molecule is NNc1ncc(Br)cc1S(=O)(=O)Nc1nc2c(s1)CCC2. The first kappa shape index (κ1) is 14.7. The second-order valence-corrected chi connectivity index (χ2v) is 8.14. The molecular weight excluding hydrogens is 378 g/mol. The summed E-state index contributed by atoms with van der Waals surface area (Å²) < 4.78 is 28.0. The second-order valence-electron chi connectivity index (χ2n) is 4.49. The van der Waals surface area contributed by atoms with Gasteiger partial charge in [0.2, 0.25) is 0 Å². The fourth-order valence-corrected chi connectivity index (χ4v) is 5.05. The van der Waals surface area contributed by atoms with Gasteiger partial charge in [0.15, 0.2) is 10.9 Å². The van der Waals surface area contributed by atoms with Crippen LogP contribution in [0.5, 0.6) is 0 Å². The smallest absolute Gasteiger partial charge is 0.267 e. The van der Waals surface area contributed by atoms with Gasteiger partial charge in [0, 0.05) is 15.5 Å². The van der Waals surface area contributed by atoms with Gasteiger partial charge in [0.1, 0.15) is 4.90 Å². The quantitative estimate of drug-likeness (QED) is 0.543. The van der Waals surface area contributed by atoms with Crippen LogP contribution in [-0.4, -0.2) is 18.4 Å². The molecule has 0 saturated carbocycles. The van der Waals surface area contributed by atoms with Crippen LogP contribution < -0.4 is 16.0 Å². The maximum absolute atomic E-state index is 12.5. The van der Waals surface area contributed by atoms with Crippen molar-refractivity contribution in [1.29, 1.82) is 0 Å². The zero-order valence-corrected chi connectivity index (χ0v) is 14.0. The summed E-state index contributed by atoms with van der Waals surface area (Å²) in [5.41, 5.74) is 3.27. The minimum Gasteiger partial charge on any atom is -0.307 e. The third-order valence-electron chi connectivity index (χ3n) is 3.06. The van der Waals surface area contributed by atoms with Crippen molar-refractivity contribution in [3.05, 3.63) is 27.3 Å². The summed E-state index contributed by atoms with van der Waals surface area (Å²) in [6.07, 6.45) is 4.41. The molecule has 0 bridgehead atoms. The Morgan fingerprint density at radius 1 is 1.38 bits per heavy atom. The fraction of sp³-hybridized carbons (Fsp3) is 0.273. The predicted molar refractivity (Wildman–Crippen MR) is 84.7 cm³/mol. The predicted octanol–water partition coefficient (Wildman–Crippen LogP) is 1.88. The van der Waals surface area contributed by atoms with Crippen molar-refractivity contribution in [1.82, 2.24) is 9.97 Å². The highest BCUT2D eigenvalue weighted by molar-refractivity contribution is 9.10. The summed E-state index contributed by atoms with van der Waals surface area (Å²) >= 11 is 4.58. The normalized spacial score (nSPS) is 14.0. The topological polar surface area (TPSA) is 110 Å². The molecule has 112 valence electrons. The van der Waals surface area contributed by atoms with Crippen LogP contribution in [0.15, 0.2) is 21.6 Å². The maximum atomic E-state index is 12.5. The number of aryl methyl sites for hydroxylation is 2.